The Morgan fingerprint density at radius 2 is 1.85 bits per heavy atom. The van der Waals surface area contributed by atoms with Gasteiger partial charge in [0.15, 0.2) is 5.76 Å². The summed E-state index contributed by atoms with van der Waals surface area (Å²) < 4.78 is 15.0. The average molecular weight is 394 g/mol. The summed E-state index contributed by atoms with van der Waals surface area (Å²) in [4.78, 5) is 36.5. The summed E-state index contributed by atoms with van der Waals surface area (Å²) in [6.45, 7) is 3.28. The lowest BCUT2D eigenvalue weighted by atomic mass is 10.0. The van der Waals surface area contributed by atoms with Gasteiger partial charge in [-0.2, -0.15) is 0 Å². The van der Waals surface area contributed by atoms with E-state index >= 15 is 0 Å². The molecule has 1 N–H and O–H groups in total. The molecule has 2 aromatic rings. The molecule has 1 heterocycles. The molecule has 1 aromatic carbocycles. The highest BCUT2D eigenvalue weighted by atomic mass is 35.5. The third-order valence-electron chi connectivity index (χ3n) is 3.82. The van der Waals surface area contributed by atoms with Gasteiger partial charge in [0, 0.05) is 0 Å². The van der Waals surface area contributed by atoms with Gasteiger partial charge in [-0.05, 0) is 24.1 Å². The second-order valence-corrected chi connectivity index (χ2v) is 6.44. The molecule has 0 fully saturated rings. The van der Waals surface area contributed by atoms with Crippen molar-refractivity contribution in [3.63, 3.8) is 0 Å². The van der Waals surface area contributed by atoms with Gasteiger partial charge in [0.1, 0.15) is 18.2 Å². The Bertz CT molecular complexity index is 829. The Balaban J connectivity index is 2.05. The third-order valence-corrected chi connectivity index (χ3v) is 4.15. The molecule has 2 rings (SSSR count). The highest BCUT2D eigenvalue weighted by Gasteiger charge is 2.27. The molecule has 27 heavy (non-hydrogen) atoms. The van der Waals surface area contributed by atoms with Gasteiger partial charge >= 0.3 is 11.9 Å². The number of benzene rings is 1. The van der Waals surface area contributed by atoms with Crippen LogP contribution in [-0.4, -0.2) is 31.0 Å². The predicted octanol–water partition coefficient (Wildman–Crippen LogP) is 3.22. The van der Waals surface area contributed by atoms with Crippen LogP contribution >= 0.6 is 11.6 Å². The minimum atomic E-state index is -0.898. The molecule has 0 aliphatic rings. The molecule has 1 atom stereocenters. The summed E-state index contributed by atoms with van der Waals surface area (Å²) in [6.07, 6.45) is 1.30. The first-order valence-electron chi connectivity index (χ1n) is 8.21. The van der Waals surface area contributed by atoms with E-state index in [4.69, 9.17) is 20.8 Å². The van der Waals surface area contributed by atoms with E-state index in [1.807, 2.05) is 0 Å². The van der Waals surface area contributed by atoms with Gasteiger partial charge < -0.3 is 19.2 Å². The van der Waals surface area contributed by atoms with Crippen LogP contribution in [0, 0.1) is 5.92 Å². The maximum Gasteiger partial charge on any atom is 0.341 e. The number of esters is 2. The zero-order valence-corrected chi connectivity index (χ0v) is 15.9. The van der Waals surface area contributed by atoms with Crippen molar-refractivity contribution in [2.24, 2.45) is 5.92 Å². The highest BCUT2D eigenvalue weighted by molar-refractivity contribution is 6.33. The summed E-state index contributed by atoms with van der Waals surface area (Å²) in [5.41, 5.74) is 0.433. The van der Waals surface area contributed by atoms with Gasteiger partial charge in [-0.25, -0.2) is 9.59 Å². The second-order valence-electron chi connectivity index (χ2n) is 6.03. The number of nitrogens with one attached hydrogen (secondary N) is 1. The Kier molecular flexibility index (Phi) is 7.01. The van der Waals surface area contributed by atoms with Crippen molar-refractivity contribution in [2.45, 2.75) is 26.5 Å². The van der Waals surface area contributed by atoms with Crippen LogP contribution < -0.4 is 5.32 Å². The molecule has 0 bridgehead atoms. The molecule has 0 saturated carbocycles. The number of furan rings is 1. The first-order chi connectivity index (χ1) is 12.8. The van der Waals surface area contributed by atoms with Crippen LogP contribution in [0.4, 0.5) is 0 Å². The van der Waals surface area contributed by atoms with Crippen molar-refractivity contribution in [1.29, 1.82) is 0 Å². The molecule has 0 unspecified atom stereocenters. The fraction of sp³-hybridized carbons (Fsp3) is 0.316. The van der Waals surface area contributed by atoms with E-state index < -0.39 is 23.9 Å². The standard InChI is InChI=1S/C19H20ClNO6/c1-11(2)16(21-17(22)12-6-4-5-7-14(12)20)19(24)27-10-15-13(8-9-26-15)18(23)25-3/h4-9,11,16H,10H2,1-3H3,(H,21,22)/t16-/m0/s1. The van der Waals surface area contributed by atoms with Crippen LogP contribution in [0.25, 0.3) is 0 Å². The zero-order valence-electron chi connectivity index (χ0n) is 15.2. The van der Waals surface area contributed by atoms with Crippen molar-refractivity contribution >= 4 is 29.4 Å². The maximum absolute atomic E-state index is 12.5. The van der Waals surface area contributed by atoms with E-state index in [-0.39, 0.29) is 34.4 Å². The van der Waals surface area contributed by atoms with E-state index in [9.17, 15) is 14.4 Å². The lowest BCUT2D eigenvalue weighted by molar-refractivity contribution is -0.149. The fourth-order valence-corrected chi connectivity index (χ4v) is 2.55. The van der Waals surface area contributed by atoms with Crippen LogP contribution in [0.1, 0.15) is 40.3 Å². The zero-order chi connectivity index (χ0) is 20.0. The lowest BCUT2D eigenvalue weighted by Crippen LogP contribution is -2.45. The molecular formula is C19H20ClNO6. The lowest BCUT2D eigenvalue weighted by Gasteiger charge is -2.21. The summed E-state index contributed by atoms with van der Waals surface area (Å²) in [5, 5.41) is 2.91. The van der Waals surface area contributed by atoms with E-state index in [1.165, 1.54) is 19.4 Å². The molecule has 1 aromatic heterocycles. The number of amides is 1. The molecule has 0 aliphatic heterocycles. The Morgan fingerprint density at radius 1 is 1.15 bits per heavy atom. The minimum absolute atomic E-state index is 0.162. The molecule has 0 aliphatic carbocycles. The molecule has 144 valence electrons. The van der Waals surface area contributed by atoms with Crippen molar-refractivity contribution < 1.29 is 28.3 Å². The first kappa shape index (κ1) is 20.5. The number of ether oxygens (including phenoxy) is 2. The molecule has 0 spiro atoms. The molecule has 0 saturated heterocycles. The van der Waals surface area contributed by atoms with E-state index in [0.717, 1.165) is 0 Å². The van der Waals surface area contributed by atoms with Crippen LogP contribution in [0.3, 0.4) is 0 Å². The number of carbonyl (C=O) groups is 3. The fourth-order valence-electron chi connectivity index (χ4n) is 2.33. The largest absolute Gasteiger partial charge is 0.465 e. The van der Waals surface area contributed by atoms with Crippen molar-refractivity contribution in [1.82, 2.24) is 5.32 Å². The minimum Gasteiger partial charge on any atom is -0.465 e. The number of rotatable bonds is 7. The summed E-state index contributed by atoms with van der Waals surface area (Å²) >= 11 is 6.02. The van der Waals surface area contributed by atoms with Gasteiger partial charge in [0.2, 0.25) is 0 Å². The topological polar surface area (TPSA) is 94.8 Å². The van der Waals surface area contributed by atoms with Crippen LogP contribution in [0.15, 0.2) is 41.0 Å². The van der Waals surface area contributed by atoms with Crippen LogP contribution in [-0.2, 0) is 20.9 Å². The van der Waals surface area contributed by atoms with Crippen molar-refractivity contribution in [2.75, 3.05) is 7.11 Å². The number of hydrogen-bond acceptors (Lipinski definition) is 6. The van der Waals surface area contributed by atoms with Crippen molar-refractivity contribution in [3.8, 4) is 0 Å². The Hall–Kier alpha value is -2.80. The Morgan fingerprint density at radius 3 is 2.48 bits per heavy atom. The number of hydrogen-bond donors (Lipinski definition) is 1. The average Bonchev–Trinajstić information content (AvgIpc) is 3.12. The van der Waals surface area contributed by atoms with E-state index in [2.05, 4.69) is 10.1 Å². The highest BCUT2D eigenvalue weighted by Crippen LogP contribution is 2.17. The maximum atomic E-state index is 12.5. The smallest absolute Gasteiger partial charge is 0.341 e. The predicted molar refractivity (Wildman–Crippen MR) is 97.4 cm³/mol. The van der Waals surface area contributed by atoms with Gasteiger partial charge in [0.25, 0.3) is 5.91 Å². The molecule has 0 radical (unpaired) electrons. The number of carbonyl (C=O) groups excluding carboxylic acids is 3. The van der Waals surface area contributed by atoms with Gasteiger partial charge in [0.05, 0.1) is 24.0 Å². The third kappa shape index (κ3) is 5.10. The van der Waals surface area contributed by atoms with Crippen LogP contribution in [0.2, 0.25) is 5.02 Å². The number of halogens is 1. The SMILES string of the molecule is COC(=O)c1ccoc1COC(=O)[C@@H](NC(=O)c1ccccc1Cl)C(C)C. The first-order valence-corrected chi connectivity index (χ1v) is 8.59. The van der Waals surface area contributed by atoms with Gasteiger partial charge in [-0.3, -0.25) is 4.79 Å². The normalized spacial score (nSPS) is 11.7. The van der Waals surface area contributed by atoms with Crippen LogP contribution in [0.5, 0.6) is 0 Å². The molecule has 7 nitrogen and oxygen atoms in total. The molecule has 8 heteroatoms. The van der Waals surface area contributed by atoms with Gasteiger partial charge in [-0.15, -0.1) is 0 Å². The van der Waals surface area contributed by atoms with Gasteiger partial charge in [-0.1, -0.05) is 37.6 Å². The quantitative estimate of drug-likeness (QED) is 0.726. The molecule has 1 amide bonds. The second kappa shape index (κ2) is 9.23. The van der Waals surface area contributed by atoms with E-state index in [0.29, 0.717) is 0 Å². The Labute approximate surface area is 161 Å². The summed E-state index contributed by atoms with van der Waals surface area (Å²) in [5.74, 6) is -1.81. The monoisotopic (exact) mass is 393 g/mol. The summed E-state index contributed by atoms with van der Waals surface area (Å²) in [6, 6.07) is 7.06. The number of methoxy groups -OCH3 is 1. The van der Waals surface area contributed by atoms with Crippen molar-refractivity contribution in [3.05, 3.63) is 58.5 Å². The van der Waals surface area contributed by atoms with E-state index in [1.54, 1.807) is 38.1 Å². The summed E-state index contributed by atoms with van der Waals surface area (Å²) in [7, 11) is 1.24. The molecular weight excluding hydrogens is 374 g/mol.